The summed E-state index contributed by atoms with van der Waals surface area (Å²) in [7, 11) is 0. The molecule has 0 aliphatic carbocycles. The Bertz CT molecular complexity index is 3420. The Kier molecular flexibility index (Phi) is 6.61. The van der Waals surface area contributed by atoms with Crippen molar-refractivity contribution in [2.45, 2.75) is 0 Å². The van der Waals surface area contributed by atoms with E-state index in [9.17, 15) is 10.5 Å². The molecule has 0 radical (unpaired) electrons. The van der Waals surface area contributed by atoms with Crippen molar-refractivity contribution in [3.8, 4) is 40.3 Å². The van der Waals surface area contributed by atoms with Gasteiger partial charge in [-0.15, -0.1) is 0 Å². The lowest BCUT2D eigenvalue weighted by molar-refractivity contribution is 1.16. The Hall–Kier alpha value is -7.86. The molecule has 55 heavy (non-hydrogen) atoms. The normalized spacial score (nSPS) is 11.6. The van der Waals surface area contributed by atoms with Gasteiger partial charge in [0.1, 0.15) is 0 Å². The predicted octanol–water partition coefficient (Wildman–Crippen LogP) is 12.4. The van der Waals surface area contributed by atoms with E-state index in [-0.39, 0.29) is 0 Å². The van der Waals surface area contributed by atoms with Crippen molar-refractivity contribution in [2.24, 2.45) is 0 Å². The van der Waals surface area contributed by atoms with Crippen molar-refractivity contribution in [3.05, 3.63) is 187 Å². The Morgan fingerprint density at radius 3 is 1.44 bits per heavy atom. The van der Waals surface area contributed by atoms with E-state index in [1.54, 1.807) is 0 Å². The van der Waals surface area contributed by atoms with Crippen LogP contribution in [0.3, 0.4) is 0 Å². The maximum absolute atomic E-state index is 10.4. The van der Waals surface area contributed by atoms with Crippen LogP contribution >= 0.6 is 0 Å². The number of aromatic nitrogens is 3. The SMILES string of the molecule is N#Cc1cc(-c2ccccc2-n2c3ccccc3c3cc(-n4c5ccccc5c5cc(C#N)ccc54)ccc32)cc(-n2c3ccccc3c3ccccc32)c1. The van der Waals surface area contributed by atoms with Crippen molar-refractivity contribution in [3.63, 3.8) is 0 Å². The highest BCUT2D eigenvalue weighted by molar-refractivity contribution is 6.13. The summed E-state index contributed by atoms with van der Waals surface area (Å²) in [4.78, 5) is 0. The molecule has 0 saturated carbocycles. The summed E-state index contributed by atoms with van der Waals surface area (Å²) in [5.74, 6) is 0. The second kappa shape index (κ2) is 11.8. The first-order chi connectivity index (χ1) is 27.2. The fourth-order valence-electron chi connectivity index (χ4n) is 8.75. The number of nitriles is 2. The molecule has 3 aromatic heterocycles. The number of benzene rings is 8. The first-order valence-electron chi connectivity index (χ1n) is 18.3. The summed E-state index contributed by atoms with van der Waals surface area (Å²) in [6, 6.07) is 66.0. The van der Waals surface area contributed by atoms with E-state index in [2.05, 4.69) is 177 Å². The molecule has 0 spiro atoms. The highest BCUT2D eigenvalue weighted by Gasteiger charge is 2.20. The van der Waals surface area contributed by atoms with E-state index in [1.807, 2.05) is 24.3 Å². The molecule has 3 heterocycles. The van der Waals surface area contributed by atoms with Crippen LogP contribution < -0.4 is 0 Å². The third-order valence-corrected chi connectivity index (χ3v) is 11.1. The lowest BCUT2D eigenvalue weighted by Crippen LogP contribution is -2.00. The quantitative estimate of drug-likeness (QED) is 0.184. The summed E-state index contributed by atoms with van der Waals surface area (Å²) in [5, 5.41) is 26.9. The van der Waals surface area contributed by atoms with E-state index >= 15 is 0 Å². The van der Waals surface area contributed by atoms with Gasteiger partial charge in [0.25, 0.3) is 0 Å². The highest BCUT2D eigenvalue weighted by atomic mass is 15.0. The van der Waals surface area contributed by atoms with E-state index < -0.39 is 0 Å². The lowest BCUT2D eigenvalue weighted by Gasteiger charge is -2.16. The lowest BCUT2D eigenvalue weighted by atomic mass is 10.00. The molecule has 0 atom stereocenters. The third-order valence-electron chi connectivity index (χ3n) is 11.1. The molecule has 0 unspecified atom stereocenters. The number of hydrogen-bond acceptors (Lipinski definition) is 2. The first-order valence-corrected chi connectivity index (χ1v) is 18.3. The minimum Gasteiger partial charge on any atom is -0.309 e. The zero-order valence-electron chi connectivity index (χ0n) is 29.5. The molecule has 0 aliphatic rings. The van der Waals surface area contributed by atoms with Crippen LogP contribution in [0.15, 0.2) is 176 Å². The molecule has 5 heteroatoms. The van der Waals surface area contributed by atoms with Crippen molar-refractivity contribution < 1.29 is 0 Å². The molecule has 0 fully saturated rings. The van der Waals surface area contributed by atoms with Gasteiger partial charge in [-0.3, -0.25) is 0 Å². The number of fused-ring (bicyclic) bond motifs is 9. The van der Waals surface area contributed by atoms with Crippen LogP contribution in [0.1, 0.15) is 11.1 Å². The number of para-hydroxylation sites is 5. The van der Waals surface area contributed by atoms with Crippen molar-refractivity contribution in [2.75, 3.05) is 0 Å². The minimum atomic E-state index is 0.601. The molecule has 11 rings (SSSR count). The summed E-state index contributed by atoms with van der Waals surface area (Å²) in [5.41, 5.74) is 12.8. The van der Waals surface area contributed by atoms with E-state index in [1.165, 1.54) is 10.8 Å². The Morgan fingerprint density at radius 1 is 0.327 bits per heavy atom. The van der Waals surface area contributed by atoms with Crippen molar-refractivity contribution in [1.29, 1.82) is 10.5 Å². The second-order valence-corrected chi connectivity index (χ2v) is 14.0. The molecule has 0 N–H and O–H groups in total. The van der Waals surface area contributed by atoms with E-state index in [0.29, 0.717) is 11.1 Å². The molecule has 0 aliphatic heterocycles. The van der Waals surface area contributed by atoms with Crippen LogP contribution in [-0.4, -0.2) is 13.7 Å². The Balaban J connectivity index is 1.14. The maximum atomic E-state index is 10.4. The summed E-state index contributed by atoms with van der Waals surface area (Å²) in [6.07, 6.45) is 0. The van der Waals surface area contributed by atoms with Gasteiger partial charge in [0, 0.05) is 49.3 Å². The fourth-order valence-corrected chi connectivity index (χ4v) is 8.75. The highest BCUT2D eigenvalue weighted by Crippen LogP contribution is 2.40. The number of nitrogens with zero attached hydrogens (tertiary/aromatic N) is 5. The Morgan fingerprint density at radius 2 is 0.800 bits per heavy atom. The average Bonchev–Trinajstić information content (AvgIpc) is 3.88. The predicted molar refractivity (Wildman–Crippen MR) is 224 cm³/mol. The van der Waals surface area contributed by atoms with Crippen LogP contribution in [-0.2, 0) is 0 Å². The third kappa shape index (κ3) is 4.51. The van der Waals surface area contributed by atoms with Crippen LogP contribution in [0.2, 0.25) is 0 Å². The average molecular weight is 700 g/mol. The van der Waals surface area contributed by atoms with Crippen LogP contribution in [0, 0.1) is 22.7 Å². The molecule has 5 nitrogen and oxygen atoms in total. The van der Waals surface area contributed by atoms with Crippen molar-refractivity contribution >= 4 is 65.4 Å². The first kappa shape index (κ1) is 30.7. The molecule has 0 saturated heterocycles. The van der Waals surface area contributed by atoms with Gasteiger partial charge >= 0.3 is 0 Å². The molecule has 0 bridgehead atoms. The van der Waals surface area contributed by atoms with Crippen molar-refractivity contribution in [1.82, 2.24) is 13.7 Å². The van der Waals surface area contributed by atoms with E-state index in [4.69, 9.17) is 0 Å². The molecule has 11 aromatic rings. The molecular weight excluding hydrogens is 671 g/mol. The zero-order chi connectivity index (χ0) is 36.6. The van der Waals surface area contributed by atoms with Gasteiger partial charge in [-0.1, -0.05) is 91.0 Å². The smallest absolute Gasteiger partial charge is 0.0992 e. The number of rotatable bonds is 4. The standard InChI is InChI=1S/C50H29N5/c51-30-32-21-23-49-42(27-32)40-14-4-9-19-47(40)53(49)35-22-24-50-43(29-35)41-15-5-10-20-48(41)55(50)44-16-6-1-11-37(44)34-25-33(31-52)26-36(28-34)54-45-17-7-2-12-38(45)39-13-3-8-18-46(39)54/h1-29H. The van der Waals surface area contributed by atoms with Gasteiger partial charge in [-0.2, -0.15) is 10.5 Å². The maximum Gasteiger partial charge on any atom is 0.0992 e. The molecular formula is C50H29N5. The summed E-state index contributed by atoms with van der Waals surface area (Å²) < 4.78 is 6.93. The van der Waals surface area contributed by atoms with Crippen LogP contribution in [0.4, 0.5) is 0 Å². The van der Waals surface area contributed by atoms with Gasteiger partial charge in [-0.25, -0.2) is 0 Å². The Labute approximate surface area is 316 Å². The van der Waals surface area contributed by atoms with Gasteiger partial charge in [0.2, 0.25) is 0 Å². The summed E-state index contributed by atoms with van der Waals surface area (Å²) in [6.45, 7) is 0. The topological polar surface area (TPSA) is 62.4 Å². The summed E-state index contributed by atoms with van der Waals surface area (Å²) >= 11 is 0. The molecule has 254 valence electrons. The number of hydrogen-bond donors (Lipinski definition) is 0. The second-order valence-electron chi connectivity index (χ2n) is 14.0. The molecule has 8 aromatic carbocycles. The van der Waals surface area contributed by atoms with E-state index in [0.717, 1.165) is 82.8 Å². The monoisotopic (exact) mass is 699 g/mol. The van der Waals surface area contributed by atoms with Gasteiger partial charge < -0.3 is 13.7 Å². The van der Waals surface area contributed by atoms with Crippen LogP contribution in [0.25, 0.3) is 93.6 Å². The molecule has 0 amide bonds. The van der Waals surface area contributed by atoms with Gasteiger partial charge in [-0.05, 0) is 90.5 Å². The van der Waals surface area contributed by atoms with Crippen LogP contribution in [0.5, 0.6) is 0 Å². The minimum absolute atomic E-state index is 0.601. The zero-order valence-corrected chi connectivity index (χ0v) is 29.5. The largest absolute Gasteiger partial charge is 0.309 e. The van der Waals surface area contributed by atoms with Gasteiger partial charge in [0.15, 0.2) is 0 Å². The fraction of sp³-hybridized carbons (Fsp3) is 0. The van der Waals surface area contributed by atoms with Gasteiger partial charge in [0.05, 0.1) is 62.1 Å².